The fourth-order valence-electron chi connectivity index (χ4n) is 2.17. The molecule has 9 heteroatoms. The summed E-state index contributed by atoms with van der Waals surface area (Å²) in [6.07, 6.45) is 3.00. The number of rotatable bonds is 7. The van der Waals surface area contributed by atoms with Gasteiger partial charge in [0.15, 0.2) is 4.77 Å². The van der Waals surface area contributed by atoms with E-state index in [9.17, 15) is 19.1 Å². The molecule has 0 bridgehead atoms. The Morgan fingerprint density at radius 1 is 1.42 bits per heavy atom. The number of unbranched alkanes of at least 4 members (excludes halogenated alkanes) is 1. The minimum Gasteiger partial charge on any atom is -0.494 e. The maximum absolute atomic E-state index is 13.0. The molecule has 2 aromatic rings. The Bertz CT molecular complexity index is 919. The molecular weight excluding hydrogens is 359 g/mol. The van der Waals surface area contributed by atoms with Gasteiger partial charge >= 0.3 is 0 Å². The maximum atomic E-state index is 13.0. The summed E-state index contributed by atoms with van der Waals surface area (Å²) in [5.41, 5.74) is 2.21. The van der Waals surface area contributed by atoms with Gasteiger partial charge in [0.05, 0.1) is 12.8 Å². The Morgan fingerprint density at radius 3 is 2.77 bits per heavy atom. The van der Waals surface area contributed by atoms with Gasteiger partial charge in [-0.25, -0.2) is 9.82 Å². The van der Waals surface area contributed by atoms with Crippen LogP contribution in [-0.2, 0) is 11.3 Å². The molecule has 3 N–H and O–H groups in total. The number of carbonyl (C=O) groups is 1. The number of amides is 1. The molecule has 1 aromatic carbocycles. The van der Waals surface area contributed by atoms with Crippen LogP contribution in [0.4, 0.5) is 4.39 Å². The SMILES string of the molecule is CCCCC(=O)NN=Cc1c(O)n(Cc2ccc(F)cc2)c(=S)[nH]c1=O. The van der Waals surface area contributed by atoms with E-state index in [0.717, 1.165) is 19.1 Å². The Balaban J connectivity index is 2.25. The summed E-state index contributed by atoms with van der Waals surface area (Å²) in [4.78, 5) is 26.0. The van der Waals surface area contributed by atoms with Crippen molar-refractivity contribution in [2.45, 2.75) is 32.7 Å². The fourth-order valence-corrected chi connectivity index (χ4v) is 2.42. The average molecular weight is 378 g/mol. The second-order valence-corrected chi connectivity index (χ2v) is 5.99. The van der Waals surface area contributed by atoms with Crippen LogP contribution in [-0.4, -0.2) is 26.8 Å². The van der Waals surface area contributed by atoms with Crippen molar-refractivity contribution in [3.63, 3.8) is 0 Å². The van der Waals surface area contributed by atoms with E-state index in [4.69, 9.17) is 12.2 Å². The molecule has 0 saturated heterocycles. The standard InChI is InChI=1S/C17H19FN4O3S/c1-2-3-4-14(23)21-19-9-13-15(24)20-17(26)22(16(13)25)10-11-5-7-12(18)8-6-11/h5-9,25H,2-4,10H2,1H3,(H,21,23)(H,20,24,26). The van der Waals surface area contributed by atoms with E-state index in [0.29, 0.717) is 12.0 Å². The minimum atomic E-state index is -0.630. The largest absolute Gasteiger partial charge is 0.494 e. The van der Waals surface area contributed by atoms with Crippen LogP contribution < -0.4 is 11.0 Å². The predicted molar refractivity (Wildman–Crippen MR) is 98.3 cm³/mol. The lowest BCUT2D eigenvalue weighted by Crippen LogP contribution is -2.21. The van der Waals surface area contributed by atoms with Gasteiger partial charge in [-0.15, -0.1) is 0 Å². The molecule has 1 amide bonds. The number of hydrogen-bond acceptors (Lipinski definition) is 5. The molecule has 26 heavy (non-hydrogen) atoms. The molecule has 0 spiro atoms. The Hall–Kier alpha value is -2.81. The summed E-state index contributed by atoms with van der Waals surface area (Å²) in [7, 11) is 0. The highest BCUT2D eigenvalue weighted by molar-refractivity contribution is 7.71. The van der Waals surface area contributed by atoms with Crippen molar-refractivity contribution >= 4 is 24.3 Å². The lowest BCUT2D eigenvalue weighted by atomic mass is 10.2. The van der Waals surface area contributed by atoms with Crippen LogP contribution in [0.1, 0.15) is 37.3 Å². The highest BCUT2D eigenvalue weighted by Crippen LogP contribution is 2.14. The van der Waals surface area contributed by atoms with Gasteiger partial charge in [-0.2, -0.15) is 5.10 Å². The van der Waals surface area contributed by atoms with Gasteiger partial charge in [0.2, 0.25) is 11.8 Å². The normalized spacial score (nSPS) is 11.0. The third-order valence-electron chi connectivity index (χ3n) is 3.60. The molecule has 0 radical (unpaired) electrons. The minimum absolute atomic E-state index is 0.0148. The van der Waals surface area contributed by atoms with Gasteiger partial charge in [-0.1, -0.05) is 25.5 Å². The van der Waals surface area contributed by atoms with Crippen LogP contribution in [0.25, 0.3) is 0 Å². The summed E-state index contributed by atoms with van der Waals surface area (Å²) in [6, 6.07) is 5.67. The van der Waals surface area contributed by atoms with Crippen LogP contribution >= 0.6 is 12.2 Å². The summed E-state index contributed by atoms with van der Waals surface area (Å²) < 4.78 is 14.3. The topological polar surface area (TPSA) is 99.5 Å². The average Bonchev–Trinajstić information content (AvgIpc) is 2.61. The zero-order valence-electron chi connectivity index (χ0n) is 14.2. The lowest BCUT2D eigenvalue weighted by molar-refractivity contribution is -0.121. The number of nitrogens with zero attached hydrogens (tertiary/aromatic N) is 2. The second-order valence-electron chi connectivity index (χ2n) is 5.61. The van der Waals surface area contributed by atoms with Crippen molar-refractivity contribution in [1.82, 2.24) is 15.0 Å². The number of aromatic hydroxyl groups is 1. The number of hydrazone groups is 1. The smallest absolute Gasteiger partial charge is 0.264 e. The first-order valence-electron chi connectivity index (χ1n) is 8.04. The molecule has 7 nitrogen and oxygen atoms in total. The van der Waals surface area contributed by atoms with E-state index in [1.165, 1.54) is 16.7 Å². The number of halogens is 1. The first-order chi connectivity index (χ1) is 12.4. The predicted octanol–water partition coefficient (Wildman–Crippen LogP) is 2.44. The zero-order chi connectivity index (χ0) is 19.1. The van der Waals surface area contributed by atoms with Gasteiger partial charge in [-0.3, -0.25) is 19.1 Å². The maximum Gasteiger partial charge on any atom is 0.264 e. The highest BCUT2D eigenvalue weighted by atomic mass is 32.1. The Labute approximate surface area is 154 Å². The fraction of sp³-hybridized carbons (Fsp3) is 0.294. The number of aromatic amines is 1. The summed E-state index contributed by atoms with van der Waals surface area (Å²) in [5.74, 6) is -1.05. The summed E-state index contributed by atoms with van der Waals surface area (Å²) in [5, 5.41) is 14.1. The van der Waals surface area contributed by atoms with E-state index in [1.807, 2.05) is 6.92 Å². The molecule has 138 valence electrons. The van der Waals surface area contributed by atoms with Gasteiger partial charge in [0.1, 0.15) is 11.4 Å². The molecule has 0 fully saturated rings. The molecule has 0 aliphatic carbocycles. The third kappa shape index (κ3) is 5.09. The summed E-state index contributed by atoms with van der Waals surface area (Å²) >= 11 is 5.07. The van der Waals surface area contributed by atoms with Crippen molar-refractivity contribution in [3.05, 3.63) is 56.3 Å². The van der Waals surface area contributed by atoms with Crippen LogP contribution in [0, 0.1) is 10.6 Å². The van der Waals surface area contributed by atoms with Crippen LogP contribution in [0.15, 0.2) is 34.2 Å². The van der Waals surface area contributed by atoms with E-state index >= 15 is 0 Å². The molecule has 0 unspecified atom stereocenters. The van der Waals surface area contributed by atoms with Gasteiger partial charge in [0.25, 0.3) is 5.56 Å². The van der Waals surface area contributed by atoms with Crippen LogP contribution in [0.3, 0.4) is 0 Å². The van der Waals surface area contributed by atoms with Crippen LogP contribution in [0.2, 0.25) is 0 Å². The van der Waals surface area contributed by atoms with Gasteiger partial charge in [-0.05, 0) is 36.3 Å². The Kier molecular flexibility index (Phi) is 6.79. The van der Waals surface area contributed by atoms with Gasteiger partial charge < -0.3 is 5.11 Å². The van der Waals surface area contributed by atoms with Crippen molar-refractivity contribution in [2.24, 2.45) is 5.10 Å². The Morgan fingerprint density at radius 2 is 2.12 bits per heavy atom. The highest BCUT2D eigenvalue weighted by Gasteiger charge is 2.11. The zero-order valence-corrected chi connectivity index (χ0v) is 15.0. The molecule has 1 aromatic heterocycles. The van der Waals surface area contributed by atoms with Crippen molar-refractivity contribution in [3.8, 4) is 5.88 Å². The second kappa shape index (κ2) is 9.04. The molecule has 1 heterocycles. The van der Waals surface area contributed by atoms with Crippen molar-refractivity contribution in [1.29, 1.82) is 0 Å². The number of H-pyrrole nitrogens is 1. The molecule has 0 saturated carbocycles. The first-order valence-corrected chi connectivity index (χ1v) is 8.45. The van der Waals surface area contributed by atoms with E-state index in [2.05, 4.69) is 15.5 Å². The van der Waals surface area contributed by atoms with Gasteiger partial charge in [0, 0.05) is 6.42 Å². The molecule has 0 aliphatic heterocycles. The lowest BCUT2D eigenvalue weighted by Gasteiger charge is -2.11. The number of nitrogens with one attached hydrogen (secondary N) is 2. The van der Waals surface area contributed by atoms with E-state index in [1.54, 1.807) is 12.1 Å². The monoisotopic (exact) mass is 378 g/mol. The summed E-state index contributed by atoms with van der Waals surface area (Å²) in [6.45, 7) is 2.09. The molecular formula is C17H19FN4O3S. The number of carbonyl (C=O) groups excluding carboxylic acids is 1. The number of benzene rings is 1. The molecule has 0 aliphatic rings. The molecule has 0 atom stereocenters. The van der Waals surface area contributed by atoms with Crippen LogP contribution in [0.5, 0.6) is 5.88 Å². The van der Waals surface area contributed by atoms with E-state index in [-0.39, 0.29) is 28.6 Å². The number of aromatic nitrogens is 2. The first kappa shape index (κ1) is 19.5. The van der Waals surface area contributed by atoms with E-state index < -0.39 is 11.4 Å². The third-order valence-corrected chi connectivity index (χ3v) is 3.92. The quantitative estimate of drug-likeness (QED) is 0.391. The van der Waals surface area contributed by atoms with Crippen molar-refractivity contribution < 1.29 is 14.3 Å². The van der Waals surface area contributed by atoms with Crippen molar-refractivity contribution in [2.75, 3.05) is 0 Å². The molecule has 2 rings (SSSR count). The number of hydrogen-bond donors (Lipinski definition) is 3.